The van der Waals surface area contributed by atoms with Gasteiger partial charge in [-0.05, 0) is 40.0 Å². The van der Waals surface area contributed by atoms with E-state index in [1.165, 1.54) is 0 Å². The molecule has 0 spiro atoms. The third kappa shape index (κ3) is 2.77. The Morgan fingerprint density at radius 3 is 3.00 bits per heavy atom. The first kappa shape index (κ1) is 14.0. The van der Waals surface area contributed by atoms with Crippen LogP contribution >= 0.6 is 15.9 Å². The fourth-order valence-corrected chi connectivity index (χ4v) is 2.93. The molecule has 5 nitrogen and oxygen atoms in total. The maximum atomic E-state index is 6.33. The van der Waals surface area contributed by atoms with Crippen LogP contribution in [0, 0.1) is 0 Å². The van der Waals surface area contributed by atoms with Gasteiger partial charge in [0.1, 0.15) is 5.75 Å². The highest BCUT2D eigenvalue weighted by molar-refractivity contribution is 9.10. The van der Waals surface area contributed by atoms with Gasteiger partial charge in [0.25, 0.3) is 0 Å². The van der Waals surface area contributed by atoms with Crippen molar-refractivity contribution in [3.05, 3.63) is 58.6 Å². The summed E-state index contributed by atoms with van der Waals surface area (Å²) in [5.74, 6) is 0.813. The van der Waals surface area contributed by atoms with Crippen molar-refractivity contribution >= 4 is 21.4 Å². The van der Waals surface area contributed by atoms with E-state index in [1.54, 1.807) is 30.2 Å². The highest BCUT2D eigenvalue weighted by Gasteiger charge is 2.14. The fraction of sp³-hybridized carbons (Fsp3) is 0.200. The molecule has 0 aliphatic rings. The second-order valence-electron chi connectivity index (χ2n) is 4.79. The molecule has 2 N–H and O–H groups in total. The second-order valence-corrected chi connectivity index (χ2v) is 5.64. The van der Waals surface area contributed by atoms with Crippen LogP contribution in [0.3, 0.4) is 0 Å². The van der Waals surface area contributed by atoms with Gasteiger partial charge < -0.3 is 10.5 Å². The van der Waals surface area contributed by atoms with Crippen molar-refractivity contribution in [1.29, 1.82) is 0 Å². The number of hydrogen-bond donors (Lipinski definition) is 1. The Balaban J connectivity index is 1.86. The Hall–Kier alpha value is -1.92. The highest BCUT2D eigenvalue weighted by atomic mass is 79.9. The summed E-state index contributed by atoms with van der Waals surface area (Å²) in [5, 5.41) is 4.29. The van der Waals surface area contributed by atoms with Crippen LogP contribution < -0.4 is 10.5 Å². The van der Waals surface area contributed by atoms with Crippen LogP contribution in [-0.2, 0) is 6.42 Å². The lowest BCUT2D eigenvalue weighted by atomic mass is 10.0. The number of halogens is 1. The zero-order valence-electron chi connectivity index (χ0n) is 11.5. The van der Waals surface area contributed by atoms with Gasteiger partial charge in [-0.2, -0.15) is 5.10 Å². The Kier molecular flexibility index (Phi) is 3.90. The van der Waals surface area contributed by atoms with E-state index >= 15 is 0 Å². The predicted molar refractivity (Wildman–Crippen MR) is 84.3 cm³/mol. The molecule has 0 fully saturated rings. The molecule has 108 valence electrons. The van der Waals surface area contributed by atoms with Crippen LogP contribution in [-0.4, -0.2) is 21.7 Å². The second kappa shape index (κ2) is 5.83. The number of benzene rings is 1. The predicted octanol–water partition coefficient (Wildman–Crippen LogP) is 2.74. The van der Waals surface area contributed by atoms with Gasteiger partial charge in [0.15, 0.2) is 0 Å². The third-order valence-electron chi connectivity index (χ3n) is 3.43. The Morgan fingerprint density at radius 1 is 1.38 bits per heavy atom. The average Bonchev–Trinajstić information content (AvgIpc) is 2.91. The number of nitrogens with two attached hydrogens (primary N) is 1. The first-order valence-corrected chi connectivity index (χ1v) is 7.33. The van der Waals surface area contributed by atoms with E-state index in [0.29, 0.717) is 0 Å². The van der Waals surface area contributed by atoms with Crippen molar-refractivity contribution in [2.24, 2.45) is 5.73 Å². The maximum Gasteiger partial charge on any atom is 0.133 e. The van der Waals surface area contributed by atoms with Gasteiger partial charge in [-0.3, -0.25) is 4.98 Å². The van der Waals surface area contributed by atoms with Crippen LogP contribution in [0.15, 0.2) is 47.5 Å². The summed E-state index contributed by atoms with van der Waals surface area (Å²) in [6.07, 6.45) is 7.83. The molecule has 1 unspecified atom stereocenters. The van der Waals surface area contributed by atoms with E-state index in [-0.39, 0.29) is 6.04 Å². The van der Waals surface area contributed by atoms with Gasteiger partial charge in [0.05, 0.1) is 29.5 Å². The van der Waals surface area contributed by atoms with Crippen molar-refractivity contribution in [1.82, 2.24) is 14.6 Å². The minimum absolute atomic E-state index is 0.132. The normalized spacial score (nSPS) is 12.5. The summed E-state index contributed by atoms with van der Waals surface area (Å²) in [6.45, 7) is 0. The molecule has 6 heteroatoms. The van der Waals surface area contributed by atoms with E-state index in [4.69, 9.17) is 10.5 Å². The number of hydrogen-bond acceptors (Lipinski definition) is 4. The highest BCUT2D eigenvalue weighted by Crippen LogP contribution is 2.28. The molecule has 0 amide bonds. The van der Waals surface area contributed by atoms with Gasteiger partial charge in [0, 0.05) is 24.0 Å². The first-order valence-electron chi connectivity index (χ1n) is 6.54. The molecule has 0 bridgehead atoms. The van der Waals surface area contributed by atoms with Crippen LogP contribution in [0.5, 0.6) is 5.75 Å². The third-order valence-corrected chi connectivity index (χ3v) is 4.05. The molecule has 1 atom stereocenters. The quantitative estimate of drug-likeness (QED) is 0.788. The molecule has 0 aliphatic heterocycles. The van der Waals surface area contributed by atoms with Crippen molar-refractivity contribution in [2.45, 2.75) is 12.5 Å². The van der Waals surface area contributed by atoms with Crippen molar-refractivity contribution in [3.8, 4) is 5.75 Å². The Bertz CT molecular complexity index is 771. The van der Waals surface area contributed by atoms with Crippen molar-refractivity contribution in [3.63, 3.8) is 0 Å². The fourth-order valence-electron chi connectivity index (χ4n) is 2.34. The van der Waals surface area contributed by atoms with E-state index in [0.717, 1.165) is 33.3 Å². The summed E-state index contributed by atoms with van der Waals surface area (Å²) in [5.41, 5.74) is 9.41. The first-order chi connectivity index (χ1) is 10.2. The molecule has 2 aromatic heterocycles. The number of rotatable bonds is 4. The molecule has 2 heterocycles. The van der Waals surface area contributed by atoms with Crippen LogP contribution in [0.1, 0.15) is 17.2 Å². The van der Waals surface area contributed by atoms with E-state index in [9.17, 15) is 0 Å². The summed E-state index contributed by atoms with van der Waals surface area (Å²) in [4.78, 5) is 4.13. The molecule has 3 rings (SSSR count). The molecular weight excluding hydrogens is 332 g/mol. The van der Waals surface area contributed by atoms with E-state index in [1.807, 2.05) is 24.4 Å². The largest absolute Gasteiger partial charge is 0.496 e. The molecular formula is C15H15BrN4O. The van der Waals surface area contributed by atoms with Gasteiger partial charge in [-0.15, -0.1) is 0 Å². The van der Waals surface area contributed by atoms with Crippen LogP contribution in [0.25, 0.3) is 5.52 Å². The standard InChI is InChI=1S/C15H15BrN4O/c1-21-15-3-2-10(6-12(15)16)7-13(17)11-8-19-20-5-4-18-9-14(11)20/h2-6,8-9,13H,7,17H2,1H3. The summed E-state index contributed by atoms with van der Waals surface area (Å²) >= 11 is 3.49. The number of fused-ring (bicyclic) bond motifs is 1. The Labute approximate surface area is 130 Å². The minimum atomic E-state index is -0.132. The molecule has 0 saturated carbocycles. The molecule has 21 heavy (non-hydrogen) atoms. The zero-order valence-corrected chi connectivity index (χ0v) is 13.1. The molecule has 0 aliphatic carbocycles. The van der Waals surface area contributed by atoms with Crippen LogP contribution in [0.2, 0.25) is 0 Å². The summed E-state index contributed by atoms with van der Waals surface area (Å²) in [6, 6.07) is 5.85. The molecule has 0 saturated heterocycles. The molecule has 0 radical (unpaired) electrons. The summed E-state index contributed by atoms with van der Waals surface area (Å²) in [7, 11) is 1.65. The monoisotopic (exact) mass is 346 g/mol. The number of methoxy groups -OCH3 is 1. The number of aromatic nitrogens is 3. The lowest BCUT2D eigenvalue weighted by Gasteiger charge is -2.12. The zero-order chi connectivity index (χ0) is 14.8. The lowest BCUT2D eigenvalue weighted by molar-refractivity contribution is 0.412. The number of nitrogens with zero attached hydrogens (tertiary/aromatic N) is 3. The molecule has 1 aromatic carbocycles. The smallest absolute Gasteiger partial charge is 0.133 e. The van der Waals surface area contributed by atoms with Crippen LogP contribution in [0.4, 0.5) is 0 Å². The summed E-state index contributed by atoms with van der Waals surface area (Å²) < 4.78 is 7.95. The van der Waals surface area contributed by atoms with Gasteiger partial charge in [0.2, 0.25) is 0 Å². The topological polar surface area (TPSA) is 65.4 Å². The van der Waals surface area contributed by atoms with Crippen molar-refractivity contribution in [2.75, 3.05) is 7.11 Å². The SMILES string of the molecule is COc1ccc(CC(N)c2cnn3ccncc23)cc1Br. The Morgan fingerprint density at radius 2 is 2.24 bits per heavy atom. The van der Waals surface area contributed by atoms with Crippen molar-refractivity contribution < 1.29 is 4.74 Å². The van der Waals surface area contributed by atoms with Gasteiger partial charge >= 0.3 is 0 Å². The minimum Gasteiger partial charge on any atom is -0.496 e. The molecule has 3 aromatic rings. The van der Waals surface area contributed by atoms with Gasteiger partial charge in [-0.1, -0.05) is 6.07 Å². The lowest BCUT2D eigenvalue weighted by Crippen LogP contribution is -2.13. The number of ether oxygens (including phenoxy) is 1. The maximum absolute atomic E-state index is 6.33. The van der Waals surface area contributed by atoms with E-state index in [2.05, 4.69) is 26.0 Å². The average molecular weight is 347 g/mol. The van der Waals surface area contributed by atoms with E-state index < -0.39 is 0 Å². The van der Waals surface area contributed by atoms with Gasteiger partial charge in [-0.25, -0.2) is 4.52 Å².